The van der Waals surface area contributed by atoms with Gasteiger partial charge in [-0.1, -0.05) is 49.1 Å². The van der Waals surface area contributed by atoms with Crippen LogP contribution in [0, 0.1) is 23.0 Å². The van der Waals surface area contributed by atoms with Crippen LogP contribution in [-0.4, -0.2) is 50.7 Å². The van der Waals surface area contributed by atoms with Crippen LogP contribution in [0.3, 0.4) is 0 Å². The normalized spacial score (nSPS) is 24.8. The van der Waals surface area contributed by atoms with E-state index in [2.05, 4.69) is 15.4 Å². The highest BCUT2D eigenvalue weighted by molar-refractivity contribution is 6.30. The van der Waals surface area contributed by atoms with Gasteiger partial charge >= 0.3 is 0 Å². The molecule has 1 saturated heterocycles. The van der Waals surface area contributed by atoms with E-state index >= 15 is 4.39 Å². The lowest BCUT2D eigenvalue weighted by atomic mass is 9.63. The zero-order valence-corrected chi connectivity index (χ0v) is 26.7. The fourth-order valence-electron chi connectivity index (χ4n) is 8.33. The standard InChI is InChI=1S/C35H45ClF2N6O/c36-27-8-6-25(7-9-27)20-32(42-35(14-12-29(39)13-15-35)30-11-10-28(37)21-31(30)38)33(45)43-18-16-34(17-19-43,22-44-24-40-23-41-44)26-4-2-1-3-5-26/h6-11,21,23-24,26,29,32,42H,1-5,12-20,22,39H2/t29-,32-,35+/m1/s1. The lowest BCUT2D eigenvalue weighted by molar-refractivity contribution is -0.138. The van der Waals surface area contributed by atoms with Crippen molar-refractivity contribution >= 4 is 17.5 Å². The SMILES string of the molecule is N[C@H]1CC[C@](N[C@H](Cc2ccc(Cl)cc2)C(=O)N2CCC(Cn3cncn3)(C3CCCCC3)CC2)(c2ccc(F)cc2F)CC1. The average molecular weight is 639 g/mol. The molecule has 7 nitrogen and oxygen atoms in total. The van der Waals surface area contributed by atoms with E-state index < -0.39 is 23.2 Å². The number of carbonyl (C=O) groups is 1. The molecule has 6 rings (SSSR count). The Kier molecular flexibility index (Phi) is 9.88. The van der Waals surface area contributed by atoms with Gasteiger partial charge in [0.25, 0.3) is 0 Å². The Morgan fingerprint density at radius 2 is 1.71 bits per heavy atom. The van der Waals surface area contributed by atoms with Gasteiger partial charge in [-0.05, 0) is 92.9 Å². The highest BCUT2D eigenvalue weighted by Gasteiger charge is 2.45. The van der Waals surface area contributed by atoms with Crippen LogP contribution in [0.4, 0.5) is 8.78 Å². The summed E-state index contributed by atoms with van der Waals surface area (Å²) < 4.78 is 31.4. The predicted molar refractivity (Wildman–Crippen MR) is 171 cm³/mol. The Balaban J connectivity index is 1.27. The zero-order valence-electron chi connectivity index (χ0n) is 25.9. The molecule has 3 N–H and O–H groups in total. The van der Waals surface area contributed by atoms with E-state index in [1.807, 2.05) is 33.8 Å². The van der Waals surface area contributed by atoms with Gasteiger partial charge in [0.15, 0.2) is 0 Å². The molecule has 0 radical (unpaired) electrons. The lowest BCUT2D eigenvalue weighted by Gasteiger charge is -2.49. The van der Waals surface area contributed by atoms with Gasteiger partial charge in [0, 0.05) is 47.9 Å². The second-order valence-electron chi connectivity index (χ2n) is 13.7. The number of amides is 1. The Labute approximate surface area is 269 Å². The number of hydrogen-bond donors (Lipinski definition) is 2. The Morgan fingerprint density at radius 1 is 1.00 bits per heavy atom. The Hall–Kier alpha value is -2.88. The van der Waals surface area contributed by atoms with Crippen molar-refractivity contribution in [2.24, 2.45) is 17.1 Å². The number of nitrogens with one attached hydrogen (secondary N) is 1. The maximum atomic E-state index is 15.4. The maximum absolute atomic E-state index is 15.4. The van der Waals surface area contributed by atoms with Crippen LogP contribution in [0.15, 0.2) is 55.1 Å². The summed E-state index contributed by atoms with van der Waals surface area (Å²) in [5.41, 5.74) is 6.89. The van der Waals surface area contributed by atoms with E-state index in [1.165, 1.54) is 44.2 Å². The summed E-state index contributed by atoms with van der Waals surface area (Å²) in [4.78, 5) is 20.7. The molecule has 2 aromatic carbocycles. The number of likely N-dealkylation sites (tertiary alicyclic amines) is 1. The fourth-order valence-corrected chi connectivity index (χ4v) is 8.46. The molecule has 242 valence electrons. The molecule has 2 aliphatic carbocycles. The van der Waals surface area contributed by atoms with Crippen molar-refractivity contribution in [2.75, 3.05) is 13.1 Å². The first-order chi connectivity index (χ1) is 21.8. The molecule has 45 heavy (non-hydrogen) atoms. The molecule has 1 aromatic heterocycles. The third kappa shape index (κ3) is 7.26. The number of benzene rings is 2. The van der Waals surface area contributed by atoms with E-state index in [-0.39, 0.29) is 17.4 Å². The van der Waals surface area contributed by atoms with Gasteiger partial charge < -0.3 is 10.6 Å². The molecule has 2 saturated carbocycles. The van der Waals surface area contributed by atoms with Crippen molar-refractivity contribution in [1.82, 2.24) is 25.0 Å². The minimum atomic E-state index is -0.838. The van der Waals surface area contributed by atoms with Crippen LogP contribution in [0.5, 0.6) is 0 Å². The minimum absolute atomic E-state index is 0.00819. The predicted octanol–water partition coefficient (Wildman–Crippen LogP) is 6.40. The van der Waals surface area contributed by atoms with Gasteiger partial charge in [-0.25, -0.2) is 13.8 Å². The van der Waals surface area contributed by atoms with Crippen LogP contribution >= 0.6 is 11.6 Å². The number of piperidine rings is 1. The Morgan fingerprint density at radius 3 is 2.36 bits per heavy atom. The first kappa shape index (κ1) is 32.1. The van der Waals surface area contributed by atoms with Gasteiger partial charge in [-0.2, -0.15) is 5.10 Å². The number of carbonyl (C=O) groups excluding carboxylic acids is 1. The van der Waals surface area contributed by atoms with E-state index in [0.717, 1.165) is 31.0 Å². The average Bonchev–Trinajstić information content (AvgIpc) is 3.56. The molecule has 2 heterocycles. The highest BCUT2D eigenvalue weighted by atomic mass is 35.5. The number of aromatic nitrogens is 3. The second-order valence-corrected chi connectivity index (χ2v) is 14.1. The molecule has 0 bridgehead atoms. The van der Waals surface area contributed by atoms with Crippen molar-refractivity contribution in [2.45, 2.75) is 101 Å². The molecule has 3 aliphatic rings. The van der Waals surface area contributed by atoms with Gasteiger partial charge in [0.2, 0.25) is 5.91 Å². The van der Waals surface area contributed by atoms with E-state index in [4.69, 9.17) is 17.3 Å². The van der Waals surface area contributed by atoms with Crippen LogP contribution in [0.1, 0.15) is 81.8 Å². The fraction of sp³-hybridized carbons (Fsp3) is 0.571. The summed E-state index contributed by atoms with van der Waals surface area (Å²) in [6, 6.07) is 10.7. The van der Waals surface area contributed by atoms with Gasteiger partial charge in [0.05, 0.1) is 6.04 Å². The van der Waals surface area contributed by atoms with Crippen molar-refractivity contribution < 1.29 is 13.6 Å². The summed E-state index contributed by atoms with van der Waals surface area (Å²) in [5.74, 6) is -0.598. The van der Waals surface area contributed by atoms with Crippen molar-refractivity contribution in [3.63, 3.8) is 0 Å². The van der Waals surface area contributed by atoms with Gasteiger partial charge in [0.1, 0.15) is 24.3 Å². The molecule has 1 amide bonds. The molecule has 0 spiro atoms. The summed E-state index contributed by atoms with van der Waals surface area (Å²) in [6.45, 7) is 2.14. The van der Waals surface area contributed by atoms with Gasteiger partial charge in [-0.3, -0.25) is 14.8 Å². The third-order valence-corrected chi connectivity index (χ3v) is 11.2. The molecule has 1 aliphatic heterocycles. The summed E-state index contributed by atoms with van der Waals surface area (Å²) in [6.07, 6.45) is 14.4. The molecule has 1 atom stereocenters. The summed E-state index contributed by atoms with van der Waals surface area (Å²) in [7, 11) is 0. The monoisotopic (exact) mass is 638 g/mol. The number of nitrogens with zero attached hydrogens (tertiary/aromatic N) is 4. The topological polar surface area (TPSA) is 89.1 Å². The molecule has 10 heteroatoms. The molecule has 3 aromatic rings. The molecular formula is C35H45ClF2N6O. The lowest BCUT2D eigenvalue weighted by Crippen LogP contribution is -2.59. The minimum Gasteiger partial charge on any atom is -0.341 e. The number of rotatable bonds is 9. The first-order valence-electron chi connectivity index (χ1n) is 16.6. The van der Waals surface area contributed by atoms with Crippen LogP contribution < -0.4 is 11.1 Å². The Bertz CT molecular complexity index is 1410. The maximum Gasteiger partial charge on any atom is 0.240 e. The number of nitrogens with two attached hydrogens (primary N) is 1. The van der Waals surface area contributed by atoms with Gasteiger partial charge in [-0.15, -0.1) is 0 Å². The molecule has 3 fully saturated rings. The van der Waals surface area contributed by atoms with Crippen LogP contribution in [0.2, 0.25) is 5.02 Å². The van der Waals surface area contributed by atoms with E-state index in [9.17, 15) is 9.18 Å². The van der Waals surface area contributed by atoms with Crippen molar-refractivity contribution in [3.8, 4) is 0 Å². The molecule has 0 unspecified atom stereocenters. The third-order valence-electron chi connectivity index (χ3n) is 10.9. The smallest absolute Gasteiger partial charge is 0.240 e. The summed E-state index contributed by atoms with van der Waals surface area (Å²) >= 11 is 6.19. The van der Waals surface area contributed by atoms with Crippen LogP contribution in [0.25, 0.3) is 0 Å². The highest BCUT2D eigenvalue weighted by Crippen LogP contribution is 2.47. The number of hydrogen-bond acceptors (Lipinski definition) is 5. The largest absolute Gasteiger partial charge is 0.341 e. The van der Waals surface area contributed by atoms with Crippen LogP contribution in [-0.2, 0) is 23.3 Å². The zero-order chi connectivity index (χ0) is 31.4. The van der Waals surface area contributed by atoms with Crippen molar-refractivity contribution in [1.29, 1.82) is 0 Å². The molecular weight excluding hydrogens is 594 g/mol. The summed E-state index contributed by atoms with van der Waals surface area (Å²) in [5, 5.41) is 8.76. The van der Waals surface area contributed by atoms with Crippen molar-refractivity contribution in [3.05, 3.63) is 82.9 Å². The van der Waals surface area contributed by atoms with E-state index in [0.29, 0.717) is 61.7 Å². The quantitative estimate of drug-likeness (QED) is 0.283. The first-order valence-corrected chi connectivity index (χ1v) is 17.0. The second kappa shape index (κ2) is 13.9. The van der Waals surface area contributed by atoms with E-state index in [1.54, 1.807) is 12.7 Å². The number of halogens is 3.